The molecule has 2 N–H and O–H groups in total. The summed E-state index contributed by atoms with van der Waals surface area (Å²) >= 11 is 0. The van der Waals surface area contributed by atoms with E-state index in [1.54, 1.807) is 18.3 Å². The Balaban J connectivity index is 1.49. The van der Waals surface area contributed by atoms with Gasteiger partial charge >= 0.3 is 5.97 Å². The van der Waals surface area contributed by atoms with Gasteiger partial charge in [0.1, 0.15) is 5.60 Å². The summed E-state index contributed by atoms with van der Waals surface area (Å²) in [5.41, 5.74) is 3.74. The average Bonchev–Trinajstić information content (AvgIpc) is 3.25. The quantitative estimate of drug-likeness (QED) is 0.711. The second kappa shape index (κ2) is 7.58. The number of aromatic amines is 1. The summed E-state index contributed by atoms with van der Waals surface area (Å²) in [4.78, 5) is 13.8. The van der Waals surface area contributed by atoms with Gasteiger partial charge in [0.15, 0.2) is 0 Å². The molecule has 0 spiro atoms. The minimum atomic E-state index is -0.911. The third-order valence-corrected chi connectivity index (χ3v) is 5.25. The number of nitrogens with one attached hydrogen (secondary N) is 1. The molecule has 28 heavy (non-hydrogen) atoms. The number of aromatic carboxylic acids is 1. The molecule has 1 aliphatic rings. The number of benzene rings is 2. The number of hydrogen-bond acceptors (Lipinski definition) is 4. The van der Waals surface area contributed by atoms with Gasteiger partial charge in [-0.2, -0.15) is 5.10 Å². The summed E-state index contributed by atoms with van der Waals surface area (Å²) in [7, 11) is 0. The molecule has 0 bridgehead atoms. The molecule has 0 amide bonds. The van der Waals surface area contributed by atoms with Crippen molar-refractivity contribution in [1.82, 2.24) is 15.1 Å². The zero-order valence-corrected chi connectivity index (χ0v) is 15.8. The van der Waals surface area contributed by atoms with E-state index < -0.39 is 11.6 Å². The Bertz CT molecular complexity index is 953. The van der Waals surface area contributed by atoms with Crippen LogP contribution in [0.5, 0.6) is 0 Å². The maximum Gasteiger partial charge on any atom is 0.336 e. The van der Waals surface area contributed by atoms with Gasteiger partial charge in [-0.25, -0.2) is 4.79 Å². The lowest BCUT2D eigenvalue weighted by Gasteiger charge is -2.39. The number of H-pyrrole nitrogens is 1. The second-order valence-electron chi connectivity index (χ2n) is 7.31. The van der Waals surface area contributed by atoms with Gasteiger partial charge < -0.3 is 9.84 Å². The molecule has 6 nitrogen and oxygen atoms in total. The van der Waals surface area contributed by atoms with Crippen molar-refractivity contribution in [3.05, 3.63) is 77.6 Å². The van der Waals surface area contributed by atoms with Gasteiger partial charge in [-0.05, 0) is 35.7 Å². The Hall–Kier alpha value is -2.96. The average molecular weight is 377 g/mol. The Morgan fingerprint density at radius 2 is 2.00 bits per heavy atom. The molecule has 2 aromatic carbocycles. The lowest BCUT2D eigenvalue weighted by molar-refractivity contribution is -0.107. The number of carbonyl (C=O) groups is 1. The predicted octanol–water partition coefficient (Wildman–Crippen LogP) is 3.52. The van der Waals surface area contributed by atoms with Crippen molar-refractivity contribution in [2.24, 2.45) is 0 Å². The van der Waals surface area contributed by atoms with Crippen molar-refractivity contribution in [1.29, 1.82) is 0 Å². The lowest BCUT2D eigenvalue weighted by atomic mass is 9.97. The van der Waals surface area contributed by atoms with Crippen LogP contribution in [-0.4, -0.2) is 45.9 Å². The number of carboxylic acid groups (broad SMARTS) is 1. The normalized spacial score (nSPS) is 20.2. The van der Waals surface area contributed by atoms with E-state index in [-0.39, 0.29) is 0 Å². The molecule has 3 aromatic rings. The van der Waals surface area contributed by atoms with Crippen molar-refractivity contribution < 1.29 is 14.6 Å². The first-order chi connectivity index (χ1) is 13.5. The first-order valence-electron chi connectivity index (χ1n) is 9.33. The van der Waals surface area contributed by atoms with Crippen LogP contribution in [0.3, 0.4) is 0 Å². The largest absolute Gasteiger partial charge is 0.478 e. The molecule has 144 valence electrons. The Morgan fingerprint density at radius 3 is 2.71 bits per heavy atom. The fourth-order valence-corrected chi connectivity index (χ4v) is 3.77. The maximum absolute atomic E-state index is 11.5. The molecule has 4 rings (SSSR count). The summed E-state index contributed by atoms with van der Waals surface area (Å²) in [6.45, 7) is 5.21. The van der Waals surface area contributed by atoms with E-state index in [1.165, 1.54) is 5.56 Å². The number of ether oxygens (including phenoxy) is 1. The third-order valence-electron chi connectivity index (χ3n) is 5.25. The second-order valence-corrected chi connectivity index (χ2v) is 7.31. The minimum Gasteiger partial charge on any atom is -0.478 e. The highest BCUT2D eigenvalue weighted by molar-refractivity contribution is 5.95. The molecule has 2 heterocycles. The van der Waals surface area contributed by atoms with E-state index in [9.17, 15) is 9.90 Å². The van der Waals surface area contributed by atoms with Crippen LogP contribution in [-0.2, 0) is 16.9 Å². The van der Waals surface area contributed by atoms with Gasteiger partial charge in [0.05, 0.1) is 17.9 Å². The molecule has 6 heteroatoms. The minimum absolute atomic E-state index is 0.318. The molecular formula is C22H23N3O3. The Kier molecular flexibility index (Phi) is 4.98. The summed E-state index contributed by atoms with van der Waals surface area (Å²) < 4.78 is 6.02. The van der Waals surface area contributed by atoms with Crippen molar-refractivity contribution in [2.45, 2.75) is 19.1 Å². The molecule has 1 atom stereocenters. The van der Waals surface area contributed by atoms with Crippen molar-refractivity contribution in [3.8, 4) is 11.1 Å². The first-order valence-corrected chi connectivity index (χ1v) is 9.33. The highest BCUT2D eigenvalue weighted by atomic mass is 16.5. The number of carboxylic acids is 1. The monoisotopic (exact) mass is 377 g/mol. The van der Waals surface area contributed by atoms with Gasteiger partial charge in [0, 0.05) is 25.8 Å². The molecule has 1 aromatic heterocycles. The van der Waals surface area contributed by atoms with E-state index in [1.807, 2.05) is 30.3 Å². The SMILES string of the molecule is CC1(c2ccn[nH]2)CN(Cc2ccc(-c3ccccc3C(=O)O)cc2)CCO1. The van der Waals surface area contributed by atoms with E-state index in [0.717, 1.165) is 36.5 Å². The lowest BCUT2D eigenvalue weighted by Crippen LogP contribution is -2.47. The molecule has 1 aliphatic heterocycles. The zero-order chi connectivity index (χ0) is 19.6. The van der Waals surface area contributed by atoms with E-state index in [2.05, 4.69) is 34.2 Å². The Labute approximate surface area is 163 Å². The van der Waals surface area contributed by atoms with Gasteiger partial charge in [-0.3, -0.25) is 10.00 Å². The maximum atomic E-state index is 11.5. The first kappa shape index (κ1) is 18.4. The standard InChI is InChI=1S/C22H23N3O3/c1-22(20-10-11-23-24-20)15-25(12-13-28-22)14-16-6-8-17(9-7-16)18-4-2-3-5-19(18)21(26)27/h2-11H,12-15H2,1H3,(H,23,24)(H,26,27). The number of rotatable bonds is 5. The zero-order valence-electron chi connectivity index (χ0n) is 15.8. The molecular weight excluding hydrogens is 354 g/mol. The van der Waals surface area contributed by atoms with Gasteiger partial charge in [0.25, 0.3) is 0 Å². The van der Waals surface area contributed by atoms with Crippen LogP contribution >= 0.6 is 0 Å². The van der Waals surface area contributed by atoms with E-state index in [0.29, 0.717) is 12.2 Å². The number of hydrogen-bond donors (Lipinski definition) is 2. The fourth-order valence-electron chi connectivity index (χ4n) is 3.77. The summed E-state index contributed by atoms with van der Waals surface area (Å²) in [5, 5.41) is 16.5. The Morgan fingerprint density at radius 1 is 1.21 bits per heavy atom. The van der Waals surface area contributed by atoms with Crippen LogP contribution in [0.15, 0.2) is 60.8 Å². The number of nitrogens with zero attached hydrogens (tertiary/aromatic N) is 2. The van der Waals surface area contributed by atoms with Crippen molar-refractivity contribution in [3.63, 3.8) is 0 Å². The van der Waals surface area contributed by atoms with Crippen molar-refractivity contribution in [2.75, 3.05) is 19.7 Å². The molecule has 1 fully saturated rings. The summed E-state index contributed by atoms with van der Waals surface area (Å²) in [6.07, 6.45) is 1.75. The van der Waals surface area contributed by atoms with Crippen LogP contribution in [0.2, 0.25) is 0 Å². The molecule has 0 saturated carbocycles. The summed E-state index contributed by atoms with van der Waals surface area (Å²) in [5.74, 6) is -0.911. The van der Waals surface area contributed by atoms with Crippen LogP contribution in [0.25, 0.3) is 11.1 Å². The number of morpholine rings is 1. The predicted molar refractivity (Wildman–Crippen MR) is 106 cm³/mol. The fraction of sp³-hybridized carbons (Fsp3) is 0.273. The smallest absolute Gasteiger partial charge is 0.336 e. The molecule has 0 aliphatic carbocycles. The molecule has 0 radical (unpaired) electrons. The van der Waals surface area contributed by atoms with Crippen LogP contribution in [0.1, 0.15) is 28.5 Å². The van der Waals surface area contributed by atoms with Crippen LogP contribution < -0.4 is 0 Å². The van der Waals surface area contributed by atoms with Gasteiger partial charge in [-0.1, -0.05) is 42.5 Å². The van der Waals surface area contributed by atoms with Gasteiger partial charge in [0.2, 0.25) is 0 Å². The van der Waals surface area contributed by atoms with Gasteiger partial charge in [-0.15, -0.1) is 0 Å². The molecule has 1 saturated heterocycles. The summed E-state index contributed by atoms with van der Waals surface area (Å²) in [6, 6.07) is 17.2. The van der Waals surface area contributed by atoms with Crippen LogP contribution in [0.4, 0.5) is 0 Å². The van der Waals surface area contributed by atoms with E-state index >= 15 is 0 Å². The van der Waals surface area contributed by atoms with E-state index in [4.69, 9.17) is 4.74 Å². The topological polar surface area (TPSA) is 78.5 Å². The molecule has 1 unspecified atom stereocenters. The number of aromatic nitrogens is 2. The van der Waals surface area contributed by atoms with Crippen LogP contribution in [0, 0.1) is 0 Å². The third kappa shape index (κ3) is 3.69. The highest BCUT2D eigenvalue weighted by Crippen LogP contribution is 2.29. The van der Waals surface area contributed by atoms with Crippen molar-refractivity contribution >= 4 is 5.97 Å². The highest BCUT2D eigenvalue weighted by Gasteiger charge is 2.35.